The molecular weight excluding hydrogens is 316 g/mol. The van der Waals surface area contributed by atoms with Crippen LogP contribution in [0.25, 0.3) is 0 Å². The van der Waals surface area contributed by atoms with Crippen LogP contribution in [0.3, 0.4) is 0 Å². The molecule has 0 aliphatic heterocycles. The van der Waals surface area contributed by atoms with Crippen LogP contribution in [0.2, 0.25) is 0 Å². The second-order valence-electron chi connectivity index (χ2n) is 6.74. The van der Waals surface area contributed by atoms with E-state index in [0.717, 1.165) is 37.2 Å². The zero-order chi connectivity index (χ0) is 17.6. The van der Waals surface area contributed by atoms with E-state index in [2.05, 4.69) is 32.3 Å². The maximum atomic E-state index is 11.9. The SMILES string of the molecule is Cc1nccn1Cc1cccc(CNC(=O)NC[C@@H]2CCC[C@H]2O)c1. The average molecular weight is 342 g/mol. The quantitative estimate of drug-likeness (QED) is 0.753. The van der Waals surface area contributed by atoms with Gasteiger partial charge in [0.05, 0.1) is 6.10 Å². The molecule has 6 heteroatoms. The van der Waals surface area contributed by atoms with E-state index >= 15 is 0 Å². The first kappa shape index (κ1) is 17.5. The number of hydrogen-bond acceptors (Lipinski definition) is 3. The number of hydrogen-bond donors (Lipinski definition) is 3. The lowest BCUT2D eigenvalue weighted by Crippen LogP contribution is -2.39. The van der Waals surface area contributed by atoms with Crippen molar-refractivity contribution < 1.29 is 9.90 Å². The van der Waals surface area contributed by atoms with Crippen molar-refractivity contribution in [3.63, 3.8) is 0 Å². The number of aliphatic hydroxyl groups is 1. The fraction of sp³-hybridized carbons (Fsp3) is 0.474. The van der Waals surface area contributed by atoms with Gasteiger partial charge in [-0.2, -0.15) is 0 Å². The number of nitrogens with one attached hydrogen (secondary N) is 2. The van der Waals surface area contributed by atoms with Crippen LogP contribution < -0.4 is 10.6 Å². The maximum absolute atomic E-state index is 11.9. The monoisotopic (exact) mass is 342 g/mol. The van der Waals surface area contributed by atoms with Gasteiger partial charge in [-0.15, -0.1) is 0 Å². The Morgan fingerprint density at radius 3 is 2.88 bits per heavy atom. The van der Waals surface area contributed by atoms with E-state index in [1.54, 1.807) is 6.20 Å². The highest BCUT2D eigenvalue weighted by atomic mass is 16.3. The molecule has 2 atom stereocenters. The van der Waals surface area contributed by atoms with Crippen molar-refractivity contribution in [1.82, 2.24) is 20.2 Å². The molecule has 2 aromatic rings. The van der Waals surface area contributed by atoms with Gasteiger partial charge in [0.2, 0.25) is 0 Å². The molecule has 1 aliphatic rings. The van der Waals surface area contributed by atoms with Crippen LogP contribution in [0.4, 0.5) is 4.79 Å². The van der Waals surface area contributed by atoms with Gasteiger partial charge < -0.3 is 20.3 Å². The highest BCUT2D eigenvalue weighted by Gasteiger charge is 2.25. The Morgan fingerprint density at radius 2 is 2.16 bits per heavy atom. The van der Waals surface area contributed by atoms with Crippen molar-refractivity contribution in [2.75, 3.05) is 6.54 Å². The predicted octanol–water partition coefficient (Wildman–Crippen LogP) is 2.20. The first-order valence-corrected chi connectivity index (χ1v) is 8.87. The summed E-state index contributed by atoms with van der Waals surface area (Å²) in [6.07, 6.45) is 6.35. The van der Waals surface area contributed by atoms with Crippen molar-refractivity contribution in [2.24, 2.45) is 5.92 Å². The minimum Gasteiger partial charge on any atom is -0.393 e. The second-order valence-corrected chi connectivity index (χ2v) is 6.74. The molecule has 3 N–H and O–H groups in total. The minimum atomic E-state index is -0.274. The topological polar surface area (TPSA) is 79.2 Å². The van der Waals surface area contributed by atoms with E-state index in [1.165, 1.54) is 5.56 Å². The molecule has 3 rings (SSSR count). The molecule has 1 aromatic heterocycles. The number of aliphatic hydroxyl groups excluding tert-OH is 1. The zero-order valence-corrected chi connectivity index (χ0v) is 14.6. The highest BCUT2D eigenvalue weighted by molar-refractivity contribution is 5.73. The summed E-state index contributed by atoms with van der Waals surface area (Å²) in [6.45, 7) is 3.77. The van der Waals surface area contributed by atoms with Crippen molar-refractivity contribution in [3.8, 4) is 0 Å². The molecule has 0 saturated heterocycles. The third-order valence-electron chi connectivity index (χ3n) is 4.86. The van der Waals surface area contributed by atoms with Gasteiger partial charge in [0, 0.05) is 37.9 Å². The molecule has 0 spiro atoms. The van der Waals surface area contributed by atoms with Gasteiger partial charge in [0.1, 0.15) is 5.82 Å². The van der Waals surface area contributed by atoms with E-state index in [0.29, 0.717) is 13.1 Å². The summed E-state index contributed by atoms with van der Waals surface area (Å²) in [6, 6.07) is 8.00. The lowest BCUT2D eigenvalue weighted by molar-refractivity contribution is 0.132. The summed E-state index contributed by atoms with van der Waals surface area (Å²) in [5.41, 5.74) is 2.24. The Morgan fingerprint density at radius 1 is 1.32 bits per heavy atom. The summed E-state index contributed by atoms with van der Waals surface area (Å²) >= 11 is 0. The van der Waals surface area contributed by atoms with Gasteiger partial charge in [0.15, 0.2) is 0 Å². The average Bonchev–Trinajstić information content (AvgIpc) is 3.20. The molecule has 6 nitrogen and oxygen atoms in total. The van der Waals surface area contributed by atoms with Gasteiger partial charge in [-0.25, -0.2) is 9.78 Å². The number of carbonyl (C=O) groups is 1. The number of amides is 2. The molecule has 0 unspecified atom stereocenters. The molecule has 25 heavy (non-hydrogen) atoms. The Labute approximate surface area is 148 Å². The number of rotatable bonds is 6. The van der Waals surface area contributed by atoms with Crippen LogP contribution >= 0.6 is 0 Å². The summed E-state index contributed by atoms with van der Waals surface area (Å²) in [4.78, 5) is 16.2. The first-order chi connectivity index (χ1) is 12.1. The molecule has 134 valence electrons. The van der Waals surface area contributed by atoms with E-state index < -0.39 is 0 Å². The molecule has 2 amide bonds. The molecule has 1 aliphatic carbocycles. The normalized spacial score (nSPS) is 19.8. The van der Waals surface area contributed by atoms with Crippen LogP contribution in [0, 0.1) is 12.8 Å². The van der Waals surface area contributed by atoms with Gasteiger partial charge in [0.25, 0.3) is 0 Å². The van der Waals surface area contributed by atoms with E-state index in [-0.39, 0.29) is 18.1 Å². The number of benzene rings is 1. The molecule has 1 fully saturated rings. The third-order valence-corrected chi connectivity index (χ3v) is 4.86. The highest BCUT2D eigenvalue weighted by Crippen LogP contribution is 2.24. The maximum Gasteiger partial charge on any atom is 0.315 e. The van der Waals surface area contributed by atoms with E-state index in [1.807, 2.05) is 25.3 Å². The number of carbonyl (C=O) groups excluding carboxylic acids is 1. The van der Waals surface area contributed by atoms with Crippen LogP contribution in [0.15, 0.2) is 36.7 Å². The van der Waals surface area contributed by atoms with Gasteiger partial charge in [-0.05, 0) is 30.9 Å². The van der Waals surface area contributed by atoms with Crippen molar-refractivity contribution in [1.29, 1.82) is 0 Å². The number of urea groups is 1. The molecule has 1 saturated carbocycles. The Hall–Kier alpha value is -2.34. The Bertz CT molecular complexity index is 713. The molecule has 0 radical (unpaired) electrons. The Kier molecular flexibility index (Phi) is 5.71. The first-order valence-electron chi connectivity index (χ1n) is 8.87. The summed E-state index contributed by atoms with van der Waals surface area (Å²) in [7, 11) is 0. The Balaban J connectivity index is 1.47. The fourth-order valence-electron chi connectivity index (χ4n) is 3.33. The summed E-state index contributed by atoms with van der Waals surface area (Å²) < 4.78 is 2.09. The number of nitrogens with zero attached hydrogens (tertiary/aromatic N) is 2. The lowest BCUT2D eigenvalue weighted by Gasteiger charge is -2.15. The largest absolute Gasteiger partial charge is 0.393 e. The van der Waals surface area contributed by atoms with Crippen LogP contribution in [-0.4, -0.2) is 33.3 Å². The van der Waals surface area contributed by atoms with Crippen LogP contribution in [-0.2, 0) is 13.1 Å². The van der Waals surface area contributed by atoms with Crippen molar-refractivity contribution in [2.45, 2.75) is 45.4 Å². The smallest absolute Gasteiger partial charge is 0.315 e. The van der Waals surface area contributed by atoms with Crippen LogP contribution in [0.5, 0.6) is 0 Å². The number of imidazole rings is 1. The summed E-state index contributed by atoms with van der Waals surface area (Å²) in [5, 5.41) is 15.5. The van der Waals surface area contributed by atoms with Crippen molar-refractivity contribution in [3.05, 3.63) is 53.6 Å². The minimum absolute atomic E-state index is 0.185. The molecule has 0 bridgehead atoms. The van der Waals surface area contributed by atoms with Crippen LogP contribution in [0.1, 0.15) is 36.2 Å². The molecule has 1 aromatic carbocycles. The van der Waals surface area contributed by atoms with Gasteiger partial charge >= 0.3 is 6.03 Å². The fourth-order valence-corrected chi connectivity index (χ4v) is 3.33. The number of aromatic nitrogens is 2. The number of aryl methyl sites for hydroxylation is 1. The van der Waals surface area contributed by atoms with Gasteiger partial charge in [-0.3, -0.25) is 0 Å². The lowest BCUT2D eigenvalue weighted by atomic mass is 10.1. The summed E-state index contributed by atoms with van der Waals surface area (Å²) in [5.74, 6) is 1.17. The van der Waals surface area contributed by atoms with Crippen molar-refractivity contribution >= 4 is 6.03 Å². The standard InChI is InChI=1S/C19H26N4O2/c1-14-20-8-9-23(14)13-16-5-2-4-15(10-16)11-21-19(25)22-12-17-6-3-7-18(17)24/h2,4-5,8-10,17-18,24H,3,6-7,11-13H2,1H3,(H2,21,22,25)/t17-,18+/m0/s1. The van der Waals surface area contributed by atoms with E-state index in [4.69, 9.17) is 0 Å². The van der Waals surface area contributed by atoms with Gasteiger partial charge in [-0.1, -0.05) is 30.7 Å². The second kappa shape index (κ2) is 8.16. The molecule has 1 heterocycles. The molecular formula is C19H26N4O2. The predicted molar refractivity (Wildman–Crippen MR) is 96.1 cm³/mol. The third kappa shape index (κ3) is 4.82. The van der Waals surface area contributed by atoms with E-state index in [9.17, 15) is 9.90 Å². The zero-order valence-electron chi connectivity index (χ0n) is 14.6.